The molecular weight excluding hydrogens is 324 g/mol. The molecule has 0 saturated carbocycles. The molecule has 0 N–H and O–H groups in total. The SMILES string of the molecule is COc1cccc(C=C2CCn3c2nc2ccc(Cl)cc2c3=O)c1. The van der Waals surface area contributed by atoms with Crippen LogP contribution in [0.4, 0.5) is 0 Å². The third-order valence-electron chi connectivity index (χ3n) is 4.24. The van der Waals surface area contributed by atoms with Gasteiger partial charge >= 0.3 is 0 Å². The maximum atomic E-state index is 12.7. The third-order valence-corrected chi connectivity index (χ3v) is 4.48. The lowest BCUT2D eigenvalue weighted by Gasteiger charge is -2.06. The van der Waals surface area contributed by atoms with Crippen LogP contribution in [0.3, 0.4) is 0 Å². The van der Waals surface area contributed by atoms with Crippen molar-refractivity contribution in [2.75, 3.05) is 7.11 Å². The van der Waals surface area contributed by atoms with Crippen LogP contribution in [-0.4, -0.2) is 16.7 Å². The van der Waals surface area contributed by atoms with Crippen molar-refractivity contribution in [1.82, 2.24) is 9.55 Å². The zero-order valence-electron chi connectivity index (χ0n) is 13.1. The van der Waals surface area contributed by atoms with E-state index in [4.69, 9.17) is 16.3 Å². The van der Waals surface area contributed by atoms with Gasteiger partial charge in [-0.05, 0) is 54.0 Å². The summed E-state index contributed by atoms with van der Waals surface area (Å²) in [5.41, 5.74) is 2.72. The van der Waals surface area contributed by atoms with Crippen molar-refractivity contribution in [3.05, 3.63) is 69.2 Å². The van der Waals surface area contributed by atoms with Crippen LogP contribution in [0.5, 0.6) is 5.75 Å². The summed E-state index contributed by atoms with van der Waals surface area (Å²) in [5.74, 6) is 1.54. The molecule has 120 valence electrons. The zero-order valence-corrected chi connectivity index (χ0v) is 13.9. The Hall–Kier alpha value is -2.59. The van der Waals surface area contributed by atoms with Gasteiger partial charge in [0.15, 0.2) is 0 Å². The van der Waals surface area contributed by atoms with E-state index in [1.54, 1.807) is 29.9 Å². The van der Waals surface area contributed by atoms with Crippen molar-refractivity contribution in [3.8, 4) is 5.75 Å². The van der Waals surface area contributed by atoms with E-state index in [0.717, 1.165) is 29.1 Å². The molecule has 0 saturated heterocycles. The van der Waals surface area contributed by atoms with E-state index in [1.807, 2.05) is 24.3 Å². The van der Waals surface area contributed by atoms with Gasteiger partial charge in [-0.2, -0.15) is 0 Å². The van der Waals surface area contributed by atoms with Crippen LogP contribution in [-0.2, 0) is 6.54 Å². The fourth-order valence-electron chi connectivity index (χ4n) is 3.06. The molecule has 0 aliphatic carbocycles. The predicted octanol–water partition coefficient (Wildman–Crippen LogP) is 4.00. The molecule has 0 fully saturated rings. The minimum absolute atomic E-state index is 0.0356. The molecule has 4 rings (SSSR count). The number of aromatic nitrogens is 2. The van der Waals surface area contributed by atoms with Gasteiger partial charge in [0, 0.05) is 11.6 Å². The highest BCUT2D eigenvalue weighted by atomic mass is 35.5. The number of ether oxygens (including phenoxy) is 1. The number of hydrogen-bond acceptors (Lipinski definition) is 3. The van der Waals surface area contributed by atoms with E-state index >= 15 is 0 Å². The number of nitrogens with zero attached hydrogens (tertiary/aromatic N) is 2. The molecule has 3 aromatic rings. The summed E-state index contributed by atoms with van der Waals surface area (Å²) in [6, 6.07) is 13.1. The molecule has 2 aromatic carbocycles. The molecule has 0 spiro atoms. The minimum Gasteiger partial charge on any atom is -0.497 e. The molecule has 24 heavy (non-hydrogen) atoms. The Bertz CT molecular complexity index is 1040. The van der Waals surface area contributed by atoms with Gasteiger partial charge in [0.2, 0.25) is 0 Å². The maximum absolute atomic E-state index is 12.7. The molecule has 2 heterocycles. The Morgan fingerprint density at radius 3 is 2.96 bits per heavy atom. The lowest BCUT2D eigenvalue weighted by molar-refractivity contribution is 0.414. The fraction of sp³-hybridized carbons (Fsp3) is 0.158. The van der Waals surface area contributed by atoms with Crippen LogP contribution in [0.15, 0.2) is 47.3 Å². The molecule has 0 bridgehead atoms. The van der Waals surface area contributed by atoms with Crippen LogP contribution >= 0.6 is 11.6 Å². The topological polar surface area (TPSA) is 44.1 Å². The fourth-order valence-corrected chi connectivity index (χ4v) is 3.23. The maximum Gasteiger partial charge on any atom is 0.261 e. The van der Waals surface area contributed by atoms with E-state index in [9.17, 15) is 4.79 Å². The molecule has 0 radical (unpaired) electrons. The summed E-state index contributed by atoms with van der Waals surface area (Å²) >= 11 is 6.01. The van der Waals surface area contributed by atoms with Gasteiger partial charge < -0.3 is 4.74 Å². The van der Waals surface area contributed by atoms with E-state index in [1.165, 1.54) is 0 Å². The Balaban J connectivity index is 1.87. The number of allylic oxidation sites excluding steroid dienone is 1. The standard InChI is InChI=1S/C19H15ClN2O2/c1-24-15-4-2-3-12(10-15)9-13-7-8-22-18(13)21-17-6-5-14(20)11-16(17)19(22)23/h2-6,9-11H,7-8H2,1H3. The largest absolute Gasteiger partial charge is 0.497 e. The molecule has 0 atom stereocenters. The summed E-state index contributed by atoms with van der Waals surface area (Å²) in [7, 11) is 1.65. The number of benzene rings is 2. The minimum atomic E-state index is -0.0356. The lowest BCUT2D eigenvalue weighted by atomic mass is 10.1. The summed E-state index contributed by atoms with van der Waals surface area (Å²) in [6.45, 7) is 0.638. The third kappa shape index (κ3) is 2.49. The summed E-state index contributed by atoms with van der Waals surface area (Å²) in [6.07, 6.45) is 2.85. The highest BCUT2D eigenvalue weighted by molar-refractivity contribution is 6.31. The smallest absolute Gasteiger partial charge is 0.261 e. The van der Waals surface area contributed by atoms with Gasteiger partial charge in [-0.25, -0.2) is 4.98 Å². The first-order valence-corrected chi connectivity index (χ1v) is 8.08. The summed E-state index contributed by atoms with van der Waals surface area (Å²) < 4.78 is 6.99. The Labute approximate surface area is 144 Å². The zero-order chi connectivity index (χ0) is 16.7. The van der Waals surface area contributed by atoms with Crippen molar-refractivity contribution >= 4 is 34.2 Å². The second-order valence-electron chi connectivity index (χ2n) is 5.75. The van der Waals surface area contributed by atoms with Crippen molar-refractivity contribution < 1.29 is 4.74 Å². The highest BCUT2D eigenvalue weighted by Gasteiger charge is 2.20. The quantitative estimate of drug-likeness (QED) is 0.709. The van der Waals surface area contributed by atoms with Crippen molar-refractivity contribution in [2.45, 2.75) is 13.0 Å². The highest BCUT2D eigenvalue weighted by Crippen LogP contribution is 2.28. The average molecular weight is 339 g/mol. The van der Waals surface area contributed by atoms with Gasteiger partial charge in [0.1, 0.15) is 11.6 Å². The molecule has 0 amide bonds. The first-order valence-electron chi connectivity index (χ1n) is 7.71. The van der Waals surface area contributed by atoms with Crippen molar-refractivity contribution in [1.29, 1.82) is 0 Å². The lowest BCUT2D eigenvalue weighted by Crippen LogP contribution is -2.20. The molecular formula is C19H15ClN2O2. The van der Waals surface area contributed by atoms with Crippen molar-refractivity contribution in [3.63, 3.8) is 0 Å². The predicted molar refractivity (Wildman–Crippen MR) is 96.5 cm³/mol. The van der Waals surface area contributed by atoms with E-state index in [0.29, 0.717) is 22.5 Å². The first kappa shape index (κ1) is 15.0. The van der Waals surface area contributed by atoms with Crippen molar-refractivity contribution in [2.24, 2.45) is 0 Å². The molecule has 4 nitrogen and oxygen atoms in total. The normalized spacial score (nSPS) is 15.0. The van der Waals surface area contributed by atoms with E-state index in [2.05, 4.69) is 11.1 Å². The molecule has 1 aromatic heterocycles. The summed E-state index contributed by atoms with van der Waals surface area (Å²) in [5, 5.41) is 1.11. The number of rotatable bonds is 2. The second-order valence-corrected chi connectivity index (χ2v) is 6.19. The van der Waals surface area contributed by atoms with Gasteiger partial charge in [-0.1, -0.05) is 23.7 Å². The van der Waals surface area contributed by atoms with Gasteiger partial charge in [0.05, 0.1) is 18.0 Å². The van der Waals surface area contributed by atoms with Gasteiger partial charge in [-0.15, -0.1) is 0 Å². The first-order chi connectivity index (χ1) is 11.7. The second kappa shape index (κ2) is 5.80. The monoisotopic (exact) mass is 338 g/mol. The van der Waals surface area contributed by atoms with E-state index in [-0.39, 0.29) is 5.56 Å². The number of hydrogen-bond donors (Lipinski definition) is 0. The van der Waals surface area contributed by atoms with Gasteiger partial charge in [-0.3, -0.25) is 9.36 Å². The molecule has 1 aliphatic rings. The Morgan fingerprint density at radius 2 is 2.12 bits per heavy atom. The van der Waals surface area contributed by atoms with Gasteiger partial charge in [0.25, 0.3) is 5.56 Å². The summed E-state index contributed by atoms with van der Waals surface area (Å²) in [4.78, 5) is 17.4. The number of fused-ring (bicyclic) bond motifs is 2. The Morgan fingerprint density at radius 1 is 1.25 bits per heavy atom. The molecule has 0 unspecified atom stereocenters. The van der Waals surface area contributed by atoms with Crippen LogP contribution in [0.25, 0.3) is 22.6 Å². The van der Waals surface area contributed by atoms with E-state index < -0.39 is 0 Å². The molecule has 5 heteroatoms. The van der Waals surface area contributed by atoms with Crippen LogP contribution in [0.1, 0.15) is 17.8 Å². The average Bonchev–Trinajstić information content (AvgIpc) is 2.99. The van der Waals surface area contributed by atoms with Crippen LogP contribution in [0, 0.1) is 0 Å². The Kier molecular flexibility index (Phi) is 3.62. The van der Waals surface area contributed by atoms with Crippen LogP contribution < -0.4 is 10.3 Å². The van der Waals surface area contributed by atoms with Crippen LogP contribution in [0.2, 0.25) is 5.02 Å². The molecule has 1 aliphatic heterocycles. The number of methoxy groups -OCH3 is 1. The number of halogens is 1.